The van der Waals surface area contributed by atoms with Crippen molar-refractivity contribution in [1.82, 2.24) is 0 Å². The lowest BCUT2D eigenvalue weighted by Crippen LogP contribution is -2.04. The number of hydrogen-bond donors (Lipinski definition) is 1. The molecular weight excluding hydrogens is 277 g/mol. The third-order valence-electron chi connectivity index (χ3n) is 2.76. The Morgan fingerprint density at radius 3 is 2.16 bits per heavy atom. The molecule has 0 radical (unpaired) electrons. The minimum Gasteiger partial charge on any atom is -0.392 e. The summed E-state index contributed by atoms with van der Waals surface area (Å²) in [5, 5.41) is 9.72. The molecule has 0 aliphatic heterocycles. The number of aliphatic hydroxyl groups excluding tert-OH is 1. The second-order valence-electron chi connectivity index (χ2n) is 4.03. The minimum absolute atomic E-state index is 0.225. The third-order valence-corrected chi connectivity index (χ3v) is 3.00. The molecule has 0 aliphatic carbocycles. The Bertz CT molecular complexity index is 576. The summed E-state index contributed by atoms with van der Waals surface area (Å²) in [6.45, 7) is -0.225. The van der Waals surface area contributed by atoms with Gasteiger partial charge in [0.1, 0.15) is 0 Å². The van der Waals surface area contributed by atoms with Crippen molar-refractivity contribution < 1.29 is 18.3 Å². The molecule has 2 rings (SSSR count). The Kier molecular flexibility index (Phi) is 3.83. The summed E-state index contributed by atoms with van der Waals surface area (Å²) in [4.78, 5) is 0. The van der Waals surface area contributed by atoms with E-state index >= 15 is 0 Å². The molecule has 0 heterocycles. The van der Waals surface area contributed by atoms with Crippen LogP contribution in [0.1, 0.15) is 11.1 Å². The molecule has 0 aromatic heterocycles. The summed E-state index contributed by atoms with van der Waals surface area (Å²) < 4.78 is 37.4. The molecule has 0 amide bonds. The summed E-state index contributed by atoms with van der Waals surface area (Å²) in [6, 6.07) is 9.70. The van der Waals surface area contributed by atoms with Gasteiger partial charge < -0.3 is 5.11 Å². The number of alkyl halides is 3. The standard InChI is InChI=1S/C14H10ClF3O/c15-12-5-6-13(10(7-12)8-19)9-1-3-11(4-2-9)14(16,17)18/h1-7,19H,8H2. The molecule has 0 fully saturated rings. The second-order valence-corrected chi connectivity index (χ2v) is 4.47. The van der Waals surface area contributed by atoms with E-state index in [1.807, 2.05) is 0 Å². The predicted molar refractivity (Wildman–Crippen MR) is 67.8 cm³/mol. The van der Waals surface area contributed by atoms with Crippen LogP contribution in [0, 0.1) is 0 Å². The van der Waals surface area contributed by atoms with Crippen LogP contribution < -0.4 is 0 Å². The molecule has 0 aliphatic rings. The number of aliphatic hydroxyl groups is 1. The van der Waals surface area contributed by atoms with Crippen LogP contribution in [0.2, 0.25) is 5.02 Å². The van der Waals surface area contributed by atoms with Crippen molar-refractivity contribution in [3.63, 3.8) is 0 Å². The minimum atomic E-state index is -4.35. The van der Waals surface area contributed by atoms with Crippen molar-refractivity contribution in [3.8, 4) is 11.1 Å². The van der Waals surface area contributed by atoms with Crippen LogP contribution in [0.25, 0.3) is 11.1 Å². The molecule has 2 aromatic rings. The summed E-state index contributed by atoms with van der Waals surface area (Å²) in [6.07, 6.45) is -4.35. The van der Waals surface area contributed by atoms with E-state index in [1.54, 1.807) is 18.2 Å². The van der Waals surface area contributed by atoms with Crippen molar-refractivity contribution in [2.24, 2.45) is 0 Å². The number of rotatable bonds is 2. The first kappa shape index (κ1) is 13.9. The lowest BCUT2D eigenvalue weighted by molar-refractivity contribution is -0.137. The highest BCUT2D eigenvalue weighted by molar-refractivity contribution is 6.30. The molecule has 0 bridgehead atoms. The second kappa shape index (κ2) is 5.23. The fourth-order valence-corrected chi connectivity index (χ4v) is 2.01. The number of benzene rings is 2. The molecule has 0 saturated carbocycles. The largest absolute Gasteiger partial charge is 0.416 e. The summed E-state index contributed by atoms with van der Waals surface area (Å²) in [7, 11) is 0. The zero-order chi connectivity index (χ0) is 14.0. The predicted octanol–water partition coefficient (Wildman–Crippen LogP) is 4.52. The first-order valence-corrected chi connectivity index (χ1v) is 5.86. The highest BCUT2D eigenvalue weighted by Gasteiger charge is 2.30. The van der Waals surface area contributed by atoms with E-state index in [4.69, 9.17) is 11.6 Å². The normalized spacial score (nSPS) is 11.6. The Labute approximate surface area is 113 Å². The van der Waals surface area contributed by atoms with E-state index in [9.17, 15) is 18.3 Å². The molecule has 0 atom stereocenters. The molecule has 5 heteroatoms. The van der Waals surface area contributed by atoms with Crippen LogP contribution in [0.5, 0.6) is 0 Å². The van der Waals surface area contributed by atoms with E-state index in [2.05, 4.69) is 0 Å². The average molecular weight is 287 g/mol. The van der Waals surface area contributed by atoms with Crippen LogP contribution in [-0.4, -0.2) is 5.11 Å². The zero-order valence-corrected chi connectivity index (χ0v) is 10.5. The van der Waals surface area contributed by atoms with Gasteiger partial charge in [0, 0.05) is 5.02 Å². The van der Waals surface area contributed by atoms with E-state index in [0.717, 1.165) is 12.1 Å². The highest BCUT2D eigenvalue weighted by Crippen LogP contribution is 2.32. The fraction of sp³-hybridized carbons (Fsp3) is 0.143. The van der Waals surface area contributed by atoms with E-state index < -0.39 is 11.7 Å². The van der Waals surface area contributed by atoms with E-state index in [1.165, 1.54) is 12.1 Å². The first-order chi connectivity index (χ1) is 8.91. The smallest absolute Gasteiger partial charge is 0.392 e. The van der Waals surface area contributed by atoms with Gasteiger partial charge in [-0.1, -0.05) is 29.8 Å². The van der Waals surface area contributed by atoms with Gasteiger partial charge in [-0.3, -0.25) is 0 Å². The van der Waals surface area contributed by atoms with Gasteiger partial charge in [0.2, 0.25) is 0 Å². The molecule has 0 spiro atoms. The maximum absolute atomic E-state index is 12.5. The molecule has 0 unspecified atom stereocenters. The van der Waals surface area contributed by atoms with Gasteiger partial charge in [-0.15, -0.1) is 0 Å². The molecule has 2 aromatic carbocycles. The highest BCUT2D eigenvalue weighted by atomic mass is 35.5. The summed E-state index contributed by atoms with van der Waals surface area (Å²) in [5.74, 6) is 0. The maximum atomic E-state index is 12.5. The van der Waals surface area contributed by atoms with Crippen LogP contribution in [0.4, 0.5) is 13.2 Å². The maximum Gasteiger partial charge on any atom is 0.416 e. The topological polar surface area (TPSA) is 20.2 Å². The third kappa shape index (κ3) is 3.08. The summed E-state index contributed by atoms with van der Waals surface area (Å²) >= 11 is 5.81. The molecule has 100 valence electrons. The number of halogens is 4. The van der Waals surface area contributed by atoms with Crippen molar-refractivity contribution in [2.75, 3.05) is 0 Å². The van der Waals surface area contributed by atoms with Crippen LogP contribution in [0.3, 0.4) is 0 Å². The van der Waals surface area contributed by atoms with Gasteiger partial charge in [0.25, 0.3) is 0 Å². The van der Waals surface area contributed by atoms with Crippen LogP contribution in [-0.2, 0) is 12.8 Å². The van der Waals surface area contributed by atoms with Gasteiger partial charge in [-0.2, -0.15) is 13.2 Å². The Morgan fingerprint density at radius 2 is 1.63 bits per heavy atom. The molecule has 1 nitrogen and oxygen atoms in total. The SMILES string of the molecule is OCc1cc(Cl)ccc1-c1ccc(C(F)(F)F)cc1. The Balaban J connectivity index is 2.43. The van der Waals surface area contributed by atoms with Gasteiger partial charge in [-0.25, -0.2) is 0 Å². The zero-order valence-electron chi connectivity index (χ0n) is 9.71. The van der Waals surface area contributed by atoms with Crippen molar-refractivity contribution in [2.45, 2.75) is 12.8 Å². The lowest BCUT2D eigenvalue weighted by atomic mass is 9.99. The van der Waals surface area contributed by atoms with Crippen molar-refractivity contribution >= 4 is 11.6 Å². The lowest BCUT2D eigenvalue weighted by Gasteiger charge is -2.10. The van der Waals surface area contributed by atoms with Crippen molar-refractivity contribution in [3.05, 3.63) is 58.6 Å². The van der Waals surface area contributed by atoms with Gasteiger partial charge in [0.15, 0.2) is 0 Å². The van der Waals surface area contributed by atoms with Crippen LogP contribution >= 0.6 is 11.6 Å². The van der Waals surface area contributed by atoms with Gasteiger partial charge in [0.05, 0.1) is 12.2 Å². The van der Waals surface area contributed by atoms with Crippen LogP contribution in [0.15, 0.2) is 42.5 Å². The molecule has 0 saturated heterocycles. The quantitative estimate of drug-likeness (QED) is 0.861. The molecule has 19 heavy (non-hydrogen) atoms. The van der Waals surface area contributed by atoms with E-state index in [-0.39, 0.29) is 6.61 Å². The molecule has 1 N–H and O–H groups in total. The number of hydrogen-bond acceptors (Lipinski definition) is 1. The Hall–Kier alpha value is -1.52. The van der Waals surface area contributed by atoms with Crippen molar-refractivity contribution in [1.29, 1.82) is 0 Å². The summed E-state index contributed by atoms with van der Waals surface area (Å²) in [5.41, 5.74) is 1.15. The van der Waals surface area contributed by atoms with Gasteiger partial charge >= 0.3 is 6.18 Å². The Morgan fingerprint density at radius 1 is 1.00 bits per heavy atom. The van der Waals surface area contributed by atoms with Gasteiger partial charge in [-0.05, 0) is 41.0 Å². The first-order valence-electron chi connectivity index (χ1n) is 5.49. The average Bonchev–Trinajstić information content (AvgIpc) is 2.37. The fourth-order valence-electron chi connectivity index (χ4n) is 1.81. The monoisotopic (exact) mass is 286 g/mol. The van der Waals surface area contributed by atoms with E-state index in [0.29, 0.717) is 21.7 Å². The molecular formula is C14H10ClF3O.